The van der Waals surface area contributed by atoms with E-state index in [4.69, 9.17) is 4.52 Å². The quantitative estimate of drug-likeness (QED) is 0.594. The van der Waals surface area contributed by atoms with Crippen LogP contribution in [0.4, 0.5) is 0 Å². The predicted octanol–water partition coefficient (Wildman–Crippen LogP) is 2.88. The van der Waals surface area contributed by atoms with E-state index in [0.717, 1.165) is 33.3 Å². The summed E-state index contributed by atoms with van der Waals surface area (Å²) in [6.45, 7) is 2.02. The normalized spacial score (nSPS) is 11.1. The summed E-state index contributed by atoms with van der Waals surface area (Å²) in [5, 5.41) is 3.90. The van der Waals surface area contributed by atoms with Crippen LogP contribution in [0.15, 0.2) is 52.1 Å². The third-order valence-electron chi connectivity index (χ3n) is 3.76. The SMILES string of the molecule is Cc1c(-c2ccc3[nH]c(=O)[nH]c3c2)cccc1-c1ncon1. The minimum Gasteiger partial charge on any atom is -0.342 e. The van der Waals surface area contributed by atoms with Crippen molar-refractivity contribution in [1.82, 2.24) is 20.1 Å². The number of aromatic nitrogens is 4. The number of imidazole rings is 1. The molecule has 0 saturated heterocycles. The lowest BCUT2D eigenvalue weighted by Gasteiger charge is -2.09. The Labute approximate surface area is 124 Å². The molecular weight excluding hydrogens is 280 g/mol. The summed E-state index contributed by atoms with van der Waals surface area (Å²) >= 11 is 0. The van der Waals surface area contributed by atoms with E-state index in [1.807, 2.05) is 43.3 Å². The van der Waals surface area contributed by atoms with Crippen molar-refractivity contribution >= 4 is 11.0 Å². The summed E-state index contributed by atoms with van der Waals surface area (Å²) in [7, 11) is 0. The highest BCUT2D eigenvalue weighted by Gasteiger charge is 2.11. The van der Waals surface area contributed by atoms with Crippen LogP contribution in [-0.4, -0.2) is 20.1 Å². The second kappa shape index (κ2) is 4.70. The van der Waals surface area contributed by atoms with Crippen molar-refractivity contribution < 1.29 is 4.52 Å². The molecule has 108 valence electrons. The predicted molar refractivity (Wildman–Crippen MR) is 82.4 cm³/mol. The first kappa shape index (κ1) is 12.6. The summed E-state index contributed by atoms with van der Waals surface area (Å²) in [6, 6.07) is 11.8. The summed E-state index contributed by atoms with van der Waals surface area (Å²) in [6.07, 6.45) is 1.32. The van der Waals surface area contributed by atoms with E-state index < -0.39 is 0 Å². The number of hydrogen-bond donors (Lipinski definition) is 2. The lowest BCUT2D eigenvalue weighted by Crippen LogP contribution is -1.99. The number of H-pyrrole nitrogens is 2. The van der Waals surface area contributed by atoms with E-state index in [2.05, 4.69) is 20.1 Å². The first-order valence-corrected chi connectivity index (χ1v) is 6.81. The molecule has 0 amide bonds. The van der Waals surface area contributed by atoms with Gasteiger partial charge in [0.2, 0.25) is 12.2 Å². The molecule has 22 heavy (non-hydrogen) atoms. The molecule has 0 bridgehead atoms. The summed E-state index contributed by atoms with van der Waals surface area (Å²) in [4.78, 5) is 21.0. The lowest BCUT2D eigenvalue weighted by molar-refractivity contribution is 0.418. The van der Waals surface area contributed by atoms with Gasteiger partial charge in [-0.3, -0.25) is 0 Å². The number of nitrogens with zero attached hydrogens (tertiary/aromatic N) is 2. The van der Waals surface area contributed by atoms with Crippen molar-refractivity contribution in [2.75, 3.05) is 0 Å². The molecule has 0 aliphatic carbocycles. The van der Waals surface area contributed by atoms with Crippen LogP contribution >= 0.6 is 0 Å². The minimum absolute atomic E-state index is 0.204. The van der Waals surface area contributed by atoms with Gasteiger partial charge in [0.1, 0.15) is 0 Å². The van der Waals surface area contributed by atoms with Gasteiger partial charge in [0, 0.05) is 5.56 Å². The van der Waals surface area contributed by atoms with Gasteiger partial charge in [-0.15, -0.1) is 0 Å². The van der Waals surface area contributed by atoms with Crippen LogP contribution in [0.3, 0.4) is 0 Å². The van der Waals surface area contributed by atoms with E-state index in [9.17, 15) is 4.79 Å². The highest BCUT2D eigenvalue weighted by atomic mass is 16.5. The zero-order valence-electron chi connectivity index (χ0n) is 11.8. The Morgan fingerprint density at radius 1 is 1.05 bits per heavy atom. The van der Waals surface area contributed by atoms with E-state index in [0.29, 0.717) is 5.82 Å². The average molecular weight is 292 g/mol. The van der Waals surface area contributed by atoms with E-state index in [-0.39, 0.29) is 5.69 Å². The Bertz CT molecular complexity index is 1010. The third kappa shape index (κ3) is 1.93. The van der Waals surface area contributed by atoms with Gasteiger partial charge in [-0.2, -0.15) is 4.98 Å². The number of benzene rings is 2. The molecule has 2 N–H and O–H groups in total. The standard InChI is InChI=1S/C16H12N4O2/c1-9-11(3-2-4-12(9)15-17-8-22-20-15)10-5-6-13-14(7-10)19-16(21)18-13/h2-8H,1H3,(H2,18,19,21). The number of fused-ring (bicyclic) bond motifs is 1. The van der Waals surface area contributed by atoms with Gasteiger partial charge in [-0.1, -0.05) is 29.4 Å². The first-order valence-electron chi connectivity index (χ1n) is 6.81. The maximum atomic E-state index is 11.4. The smallest absolute Gasteiger partial charge is 0.323 e. The molecule has 4 rings (SSSR count). The van der Waals surface area contributed by atoms with Crippen LogP contribution < -0.4 is 5.69 Å². The van der Waals surface area contributed by atoms with E-state index in [1.165, 1.54) is 6.39 Å². The molecular formula is C16H12N4O2. The molecule has 2 heterocycles. The molecule has 0 aliphatic heterocycles. The maximum absolute atomic E-state index is 11.4. The Hall–Kier alpha value is -3.15. The van der Waals surface area contributed by atoms with E-state index >= 15 is 0 Å². The largest absolute Gasteiger partial charge is 0.342 e. The van der Waals surface area contributed by atoms with Crippen LogP contribution in [0, 0.1) is 6.92 Å². The van der Waals surface area contributed by atoms with Crippen molar-refractivity contribution in [2.45, 2.75) is 6.92 Å². The third-order valence-corrected chi connectivity index (χ3v) is 3.76. The van der Waals surface area contributed by atoms with Gasteiger partial charge >= 0.3 is 5.69 Å². The second-order valence-electron chi connectivity index (χ2n) is 5.07. The topological polar surface area (TPSA) is 87.6 Å². The molecule has 6 heteroatoms. The van der Waals surface area contributed by atoms with Crippen molar-refractivity contribution in [3.63, 3.8) is 0 Å². The molecule has 0 radical (unpaired) electrons. The fourth-order valence-corrected chi connectivity index (χ4v) is 2.68. The van der Waals surface area contributed by atoms with Crippen LogP contribution in [0.5, 0.6) is 0 Å². The van der Waals surface area contributed by atoms with Crippen LogP contribution in [0.2, 0.25) is 0 Å². The Morgan fingerprint density at radius 2 is 1.86 bits per heavy atom. The van der Waals surface area contributed by atoms with Crippen molar-refractivity contribution in [3.8, 4) is 22.5 Å². The monoisotopic (exact) mass is 292 g/mol. The fourth-order valence-electron chi connectivity index (χ4n) is 2.68. The molecule has 0 aliphatic rings. The summed E-state index contributed by atoms with van der Waals surface area (Å²) in [5.41, 5.74) is 5.43. The molecule has 2 aromatic heterocycles. The van der Waals surface area contributed by atoms with E-state index in [1.54, 1.807) is 0 Å². The van der Waals surface area contributed by atoms with Gasteiger partial charge in [0.15, 0.2) is 0 Å². The van der Waals surface area contributed by atoms with Crippen molar-refractivity contribution in [1.29, 1.82) is 0 Å². The lowest BCUT2D eigenvalue weighted by atomic mass is 9.96. The molecule has 0 unspecified atom stereocenters. The molecule has 0 atom stereocenters. The van der Waals surface area contributed by atoms with Gasteiger partial charge in [0.25, 0.3) is 0 Å². The molecule has 2 aromatic carbocycles. The highest BCUT2D eigenvalue weighted by Crippen LogP contribution is 2.31. The number of rotatable bonds is 2. The number of hydrogen-bond acceptors (Lipinski definition) is 4. The number of nitrogens with one attached hydrogen (secondary N) is 2. The summed E-state index contributed by atoms with van der Waals surface area (Å²) in [5.74, 6) is 0.565. The van der Waals surface area contributed by atoms with Crippen LogP contribution in [-0.2, 0) is 0 Å². The van der Waals surface area contributed by atoms with Crippen LogP contribution in [0.1, 0.15) is 5.56 Å². The Kier molecular flexibility index (Phi) is 2.69. The molecule has 0 fully saturated rings. The zero-order chi connectivity index (χ0) is 15.1. The van der Waals surface area contributed by atoms with Gasteiger partial charge in [-0.05, 0) is 35.7 Å². The average Bonchev–Trinajstić information content (AvgIpc) is 3.15. The Morgan fingerprint density at radius 3 is 2.68 bits per heavy atom. The van der Waals surface area contributed by atoms with Crippen molar-refractivity contribution in [3.05, 3.63) is 58.8 Å². The van der Waals surface area contributed by atoms with Crippen LogP contribution in [0.25, 0.3) is 33.5 Å². The van der Waals surface area contributed by atoms with Gasteiger partial charge < -0.3 is 14.5 Å². The number of aromatic amines is 2. The molecule has 4 aromatic rings. The van der Waals surface area contributed by atoms with Gasteiger partial charge in [0.05, 0.1) is 11.0 Å². The summed E-state index contributed by atoms with van der Waals surface area (Å²) < 4.78 is 4.82. The molecule has 6 nitrogen and oxygen atoms in total. The Balaban J connectivity index is 1.91. The van der Waals surface area contributed by atoms with Crippen molar-refractivity contribution in [2.24, 2.45) is 0 Å². The highest BCUT2D eigenvalue weighted by molar-refractivity contribution is 5.84. The minimum atomic E-state index is -0.204. The zero-order valence-corrected chi connectivity index (χ0v) is 11.8. The fraction of sp³-hybridized carbons (Fsp3) is 0.0625. The second-order valence-corrected chi connectivity index (χ2v) is 5.07. The molecule has 0 spiro atoms. The van der Waals surface area contributed by atoms with Gasteiger partial charge in [-0.25, -0.2) is 4.79 Å². The molecule has 0 saturated carbocycles. The first-order chi connectivity index (χ1) is 10.7. The maximum Gasteiger partial charge on any atom is 0.323 e.